The first kappa shape index (κ1) is 17.6. The quantitative estimate of drug-likeness (QED) is 0.759. The SMILES string of the molecule is CNC(=O)c1c(C)cc(-c2cnc3cc(C4(C)CCC4)ccn23)cc1OC. The first-order chi connectivity index (χ1) is 13.0. The molecular weight excluding hydrogens is 338 g/mol. The molecule has 27 heavy (non-hydrogen) atoms. The zero-order chi connectivity index (χ0) is 19.2. The van der Waals surface area contributed by atoms with Crippen LogP contribution in [0.4, 0.5) is 0 Å². The van der Waals surface area contributed by atoms with Gasteiger partial charge in [0.15, 0.2) is 0 Å². The van der Waals surface area contributed by atoms with Gasteiger partial charge in [0, 0.05) is 18.8 Å². The molecule has 2 aromatic heterocycles. The Balaban J connectivity index is 1.80. The molecule has 2 heterocycles. The predicted molar refractivity (Wildman–Crippen MR) is 107 cm³/mol. The van der Waals surface area contributed by atoms with Crippen LogP contribution in [-0.2, 0) is 5.41 Å². The van der Waals surface area contributed by atoms with Gasteiger partial charge in [0.25, 0.3) is 5.91 Å². The van der Waals surface area contributed by atoms with Crippen LogP contribution in [0.5, 0.6) is 5.75 Å². The van der Waals surface area contributed by atoms with Crippen LogP contribution in [0.1, 0.15) is 47.7 Å². The summed E-state index contributed by atoms with van der Waals surface area (Å²) in [5.41, 5.74) is 6.01. The fourth-order valence-electron chi connectivity index (χ4n) is 4.05. The largest absolute Gasteiger partial charge is 0.496 e. The zero-order valence-corrected chi connectivity index (χ0v) is 16.3. The Morgan fingerprint density at radius 1 is 1.30 bits per heavy atom. The molecule has 0 aliphatic heterocycles. The fourth-order valence-corrected chi connectivity index (χ4v) is 4.05. The number of aryl methyl sites for hydroxylation is 1. The number of pyridine rings is 1. The lowest BCUT2D eigenvalue weighted by Gasteiger charge is -2.38. The van der Waals surface area contributed by atoms with Gasteiger partial charge in [0.2, 0.25) is 0 Å². The molecule has 1 N–H and O–H groups in total. The molecule has 3 aromatic rings. The van der Waals surface area contributed by atoms with Crippen molar-refractivity contribution >= 4 is 11.6 Å². The third-order valence-electron chi connectivity index (χ3n) is 5.94. The van der Waals surface area contributed by atoms with E-state index in [0.29, 0.717) is 16.7 Å². The normalized spacial score (nSPS) is 15.4. The van der Waals surface area contributed by atoms with Gasteiger partial charge in [-0.2, -0.15) is 0 Å². The van der Waals surface area contributed by atoms with E-state index in [-0.39, 0.29) is 5.91 Å². The summed E-state index contributed by atoms with van der Waals surface area (Å²) in [6.45, 7) is 4.26. The first-order valence-corrected chi connectivity index (χ1v) is 9.35. The van der Waals surface area contributed by atoms with E-state index in [1.165, 1.54) is 24.8 Å². The van der Waals surface area contributed by atoms with Gasteiger partial charge < -0.3 is 10.1 Å². The Morgan fingerprint density at radius 3 is 2.70 bits per heavy atom. The van der Waals surface area contributed by atoms with Gasteiger partial charge in [-0.3, -0.25) is 9.20 Å². The van der Waals surface area contributed by atoms with E-state index < -0.39 is 0 Å². The van der Waals surface area contributed by atoms with Gasteiger partial charge >= 0.3 is 0 Å². The average Bonchev–Trinajstić information content (AvgIpc) is 3.08. The maximum Gasteiger partial charge on any atom is 0.255 e. The number of nitrogens with zero attached hydrogens (tertiary/aromatic N) is 2. The summed E-state index contributed by atoms with van der Waals surface area (Å²) < 4.78 is 7.59. The summed E-state index contributed by atoms with van der Waals surface area (Å²) in [6, 6.07) is 8.33. The standard InChI is InChI=1S/C22H25N3O2/c1-14-10-15(11-18(27-4)20(14)21(26)23-3)17-13-24-19-12-16(6-9-25(17)19)22(2)7-5-8-22/h6,9-13H,5,7-8H2,1-4H3,(H,23,26). The molecule has 140 valence electrons. The highest BCUT2D eigenvalue weighted by atomic mass is 16.5. The highest BCUT2D eigenvalue weighted by Gasteiger charge is 2.33. The minimum absolute atomic E-state index is 0.146. The summed E-state index contributed by atoms with van der Waals surface area (Å²) in [7, 11) is 3.21. The van der Waals surface area contributed by atoms with Gasteiger partial charge in [-0.05, 0) is 60.6 Å². The molecule has 0 bridgehead atoms. The second-order valence-electron chi connectivity index (χ2n) is 7.65. The lowest BCUT2D eigenvalue weighted by Crippen LogP contribution is -2.30. The van der Waals surface area contributed by atoms with Crippen molar-refractivity contribution in [1.82, 2.24) is 14.7 Å². The van der Waals surface area contributed by atoms with Crippen LogP contribution < -0.4 is 10.1 Å². The number of aromatic nitrogens is 2. The molecule has 1 amide bonds. The lowest BCUT2D eigenvalue weighted by atomic mass is 9.66. The van der Waals surface area contributed by atoms with E-state index in [0.717, 1.165) is 22.5 Å². The number of ether oxygens (including phenoxy) is 1. The van der Waals surface area contributed by atoms with Gasteiger partial charge in [-0.15, -0.1) is 0 Å². The van der Waals surface area contributed by atoms with Crippen molar-refractivity contribution in [2.45, 2.75) is 38.5 Å². The van der Waals surface area contributed by atoms with Crippen LogP contribution in [0.3, 0.4) is 0 Å². The van der Waals surface area contributed by atoms with E-state index >= 15 is 0 Å². The van der Waals surface area contributed by atoms with Crippen LogP contribution in [-0.4, -0.2) is 29.4 Å². The number of amides is 1. The van der Waals surface area contributed by atoms with Gasteiger partial charge in [-0.1, -0.05) is 13.3 Å². The third-order valence-corrected chi connectivity index (χ3v) is 5.94. The Morgan fingerprint density at radius 2 is 2.07 bits per heavy atom. The highest BCUT2D eigenvalue weighted by Crippen LogP contribution is 2.43. The van der Waals surface area contributed by atoms with Crippen LogP contribution in [0, 0.1) is 6.92 Å². The molecule has 0 radical (unpaired) electrons. The summed E-state index contributed by atoms with van der Waals surface area (Å²) in [5, 5.41) is 2.68. The average molecular weight is 363 g/mol. The number of nitrogens with one attached hydrogen (secondary N) is 1. The summed E-state index contributed by atoms with van der Waals surface area (Å²) in [6.07, 6.45) is 7.78. The van der Waals surface area contributed by atoms with E-state index in [2.05, 4.69) is 40.0 Å². The van der Waals surface area contributed by atoms with E-state index in [9.17, 15) is 4.79 Å². The molecule has 1 aromatic carbocycles. The van der Waals surface area contributed by atoms with Crippen LogP contribution in [0.2, 0.25) is 0 Å². The van der Waals surface area contributed by atoms with Crippen LogP contribution in [0.15, 0.2) is 36.7 Å². The maximum absolute atomic E-state index is 12.2. The number of fused-ring (bicyclic) bond motifs is 1. The lowest BCUT2D eigenvalue weighted by molar-refractivity contribution is 0.0959. The number of rotatable bonds is 4. The molecule has 1 fully saturated rings. The zero-order valence-electron chi connectivity index (χ0n) is 16.3. The first-order valence-electron chi connectivity index (χ1n) is 9.35. The summed E-state index contributed by atoms with van der Waals surface area (Å²) in [5.74, 6) is 0.422. The number of hydrogen-bond acceptors (Lipinski definition) is 3. The number of carbonyl (C=O) groups excluding carboxylic acids is 1. The molecule has 0 atom stereocenters. The van der Waals surface area contributed by atoms with Gasteiger partial charge in [-0.25, -0.2) is 4.98 Å². The van der Waals surface area contributed by atoms with Gasteiger partial charge in [0.05, 0.1) is 24.6 Å². The molecule has 4 rings (SSSR count). The topological polar surface area (TPSA) is 55.6 Å². The predicted octanol–water partition coefficient (Wildman–Crippen LogP) is 4.12. The fraction of sp³-hybridized carbons (Fsp3) is 0.364. The Bertz CT molecular complexity index is 1030. The number of carbonyl (C=O) groups is 1. The van der Waals surface area contributed by atoms with E-state index in [1.807, 2.05) is 25.3 Å². The van der Waals surface area contributed by atoms with Crippen LogP contribution in [0.25, 0.3) is 16.9 Å². The van der Waals surface area contributed by atoms with Crippen molar-refractivity contribution in [2.75, 3.05) is 14.2 Å². The second kappa shape index (κ2) is 6.41. The van der Waals surface area contributed by atoms with Crippen molar-refractivity contribution in [1.29, 1.82) is 0 Å². The minimum Gasteiger partial charge on any atom is -0.496 e. The summed E-state index contributed by atoms with van der Waals surface area (Å²) >= 11 is 0. The van der Waals surface area contributed by atoms with E-state index in [4.69, 9.17) is 4.74 Å². The maximum atomic E-state index is 12.2. The van der Waals surface area contributed by atoms with Crippen molar-refractivity contribution in [3.63, 3.8) is 0 Å². The molecular formula is C22H25N3O2. The number of imidazole rings is 1. The minimum atomic E-state index is -0.146. The Labute approximate surface area is 159 Å². The Hall–Kier alpha value is -2.82. The second-order valence-corrected chi connectivity index (χ2v) is 7.65. The Kier molecular flexibility index (Phi) is 4.17. The molecule has 0 unspecified atom stereocenters. The number of hydrogen-bond donors (Lipinski definition) is 1. The van der Waals surface area contributed by atoms with Crippen molar-refractivity contribution < 1.29 is 9.53 Å². The highest BCUT2D eigenvalue weighted by molar-refractivity contribution is 5.99. The molecule has 1 saturated carbocycles. The molecule has 1 aliphatic carbocycles. The molecule has 0 spiro atoms. The molecule has 5 nitrogen and oxygen atoms in total. The molecule has 5 heteroatoms. The molecule has 1 aliphatic rings. The monoisotopic (exact) mass is 363 g/mol. The number of methoxy groups -OCH3 is 1. The summed E-state index contributed by atoms with van der Waals surface area (Å²) in [4.78, 5) is 16.8. The number of benzene rings is 1. The van der Waals surface area contributed by atoms with Crippen molar-refractivity contribution in [3.05, 3.63) is 53.3 Å². The van der Waals surface area contributed by atoms with Crippen LogP contribution >= 0.6 is 0 Å². The van der Waals surface area contributed by atoms with E-state index in [1.54, 1.807) is 14.2 Å². The van der Waals surface area contributed by atoms with Crippen molar-refractivity contribution in [2.24, 2.45) is 0 Å². The molecule has 0 saturated heterocycles. The van der Waals surface area contributed by atoms with Gasteiger partial charge in [0.1, 0.15) is 11.4 Å². The van der Waals surface area contributed by atoms with Crippen molar-refractivity contribution in [3.8, 4) is 17.0 Å². The smallest absolute Gasteiger partial charge is 0.255 e. The third kappa shape index (κ3) is 2.78.